The molecule has 0 aliphatic rings. The lowest BCUT2D eigenvalue weighted by Crippen LogP contribution is -2.17. The van der Waals surface area contributed by atoms with Crippen LogP contribution in [0.15, 0.2) is 34.1 Å². The zero-order chi connectivity index (χ0) is 14.5. The molecule has 1 heterocycles. The minimum atomic E-state index is -0.192. The van der Waals surface area contributed by atoms with E-state index in [4.69, 9.17) is 19.9 Å². The van der Waals surface area contributed by atoms with E-state index in [2.05, 4.69) is 15.9 Å². The van der Waals surface area contributed by atoms with Gasteiger partial charge >= 0.3 is 0 Å². The second-order valence-electron chi connectivity index (χ2n) is 4.06. The van der Waals surface area contributed by atoms with Crippen molar-refractivity contribution in [3.8, 4) is 17.2 Å². The van der Waals surface area contributed by atoms with E-state index in [0.29, 0.717) is 23.8 Å². The third-order valence-corrected chi connectivity index (χ3v) is 4.51. The van der Waals surface area contributed by atoms with E-state index >= 15 is 0 Å². The first-order valence-corrected chi connectivity index (χ1v) is 7.67. The van der Waals surface area contributed by atoms with Crippen LogP contribution >= 0.6 is 27.3 Å². The van der Waals surface area contributed by atoms with Crippen molar-refractivity contribution in [2.45, 2.75) is 6.10 Å². The molecule has 1 unspecified atom stereocenters. The first-order valence-electron chi connectivity index (χ1n) is 6.00. The number of rotatable bonds is 6. The maximum absolute atomic E-state index is 5.95. The van der Waals surface area contributed by atoms with Crippen molar-refractivity contribution in [1.82, 2.24) is 0 Å². The maximum Gasteiger partial charge on any atom is 0.145 e. The van der Waals surface area contributed by atoms with Crippen LogP contribution in [0.4, 0.5) is 0 Å². The summed E-state index contributed by atoms with van der Waals surface area (Å²) in [6.07, 6.45) is -0.192. The fourth-order valence-corrected chi connectivity index (χ4v) is 3.22. The van der Waals surface area contributed by atoms with Gasteiger partial charge in [0.05, 0.1) is 14.2 Å². The molecule has 6 heteroatoms. The highest BCUT2D eigenvalue weighted by Crippen LogP contribution is 2.32. The number of hydrogen-bond donors (Lipinski definition) is 1. The first-order chi connectivity index (χ1) is 9.66. The van der Waals surface area contributed by atoms with Crippen molar-refractivity contribution in [1.29, 1.82) is 0 Å². The number of methoxy groups -OCH3 is 2. The normalized spacial score (nSPS) is 12.0. The quantitative estimate of drug-likeness (QED) is 0.857. The number of thiophene rings is 1. The number of ether oxygens (including phenoxy) is 3. The number of halogens is 1. The van der Waals surface area contributed by atoms with E-state index in [1.807, 2.05) is 23.6 Å². The fourth-order valence-electron chi connectivity index (χ4n) is 1.73. The van der Waals surface area contributed by atoms with Gasteiger partial charge in [0.15, 0.2) is 0 Å². The summed E-state index contributed by atoms with van der Waals surface area (Å²) < 4.78 is 17.4. The summed E-state index contributed by atoms with van der Waals surface area (Å²) in [5, 5.41) is 2.01. The Labute approximate surface area is 130 Å². The molecule has 0 spiro atoms. The van der Waals surface area contributed by atoms with Gasteiger partial charge in [-0.15, -0.1) is 11.3 Å². The van der Waals surface area contributed by atoms with Gasteiger partial charge in [-0.3, -0.25) is 0 Å². The van der Waals surface area contributed by atoms with Crippen LogP contribution in [0.1, 0.15) is 11.0 Å². The van der Waals surface area contributed by atoms with E-state index < -0.39 is 0 Å². The van der Waals surface area contributed by atoms with Crippen molar-refractivity contribution < 1.29 is 14.2 Å². The highest BCUT2D eigenvalue weighted by Gasteiger charge is 2.15. The second-order valence-corrected chi connectivity index (χ2v) is 5.92. The molecule has 0 aliphatic carbocycles. The molecule has 0 bridgehead atoms. The van der Waals surface area contributed by atoms with Crippen molar-refractivity contribution in [2.75, 3.05) is 20.8 Å². The fraction of sp³-hybridized carbons (Fsp3) is 0.286. The third-order valence-electron chi connectivity index (χ3n) is 2.72. The summed E-state index contributed by atoms with van der Waals surface area (Å²) in [5.41, 5.74) is 5.81. The highest BCUT2D eigenvalue weighted by molar-refractivity contribution is 9.10. The molecule has 108 valence electrons. The Bertz CT molecular complexity index is 551. The molecular weight excluding hydrogens is 342 g/mol. The predicted octanol–water partition coefficient (Wildman–Crippen LogP) is 3.61. The van der Waals surface area contributed by atoms with Crippen LogP contribution in [-0.4, -0.2) is 20.8 Å². The Morgan fingerprint density at radius 3 is 2.15 bits per heavy atom. The SMILES string of the molecule is COc1cc(OC)cc(OC(CN)c2cc(Br)cs2)c1. The average molecular weight is 358 g/mol. The summed E-state index contributed by atoms with van der Waals surface area (Å²) in [4.78, 5) is 1.07. The van der Waals surface area contributed by atoms with Crippen LogP contribution in [0.25, 0.3) is 0 Å². The molecule has 0 radical (unpaired) electrons. The Morgan fingerprint density at radius 2 is 1.70 bits per heavy atom. The topological polar surface area (TPSA) is 53.7 Å². The number of benzene rings is 1. The van der Waals surface area contributed by atoms with Crippen LogP contribution in [0, 0.1) is 0 Å². The zero-order valence-electron chi connectivity index (χ0n) is 11.3. The molecule has 4 nitrogen and oxygen atoms in total. The molecule has 1 aromatic carbocycles. The Hall–Kier alpha value is -1.24. The minimum Gasteiger partial charge on any atom is -0.496 e. The lowest BCUT2D eigenvalue weighted by atomic mass is 10.2. The molecule has 2 N–H and O–H groups in total. The summed E-state index contributed by atoms with van der Waals surface area (Å²) >= 11 is 5.04. The Balaban J connectivity index is 2.22. The molecule has 20 heavy (non-hydrogen) atoms. The summed E-state index contributed by atoms with van der Waals surface area (Å²) in [7, 11) is 3.21. The van der Waals surface area contributed by atoms with E-state index in [0.717, 1.165) is 9.35 Å². The van der Waals surface area contributed by atoms with Gasteiger partial charge in [-0.2, -0.15) is 0 Å². The molecule has 0 amide bonds. The van der Waals surface area contributed by atoms with Crippen molar-refractivity contribution in [2.24, 2.45) is 5.73 Å². The largest absolute Gasteiger partial charge is 0.496 e. The third kappa shape index (κ3) is 3.65. The molecule has 0 fully saturated rings. The molecule has 0 aliphatic heterocycles. The van der Waals surface area contributed by atoms with Gasteiger partial charge in [0.2, 0.25) is 0 Å². The smallest absolute Gasteiger partial charge is 0.145 e. The summed E-state index contributed by atoms with van der Waals surface area (Å²) in [6, 6.07) is 7.44. The zero-order valence-corrected chi connectivity index (χ0v) is 13.7. The van der Waals surface area contributed by atoms with Gasteiger partial charge < -0.3 is 19.9 Å². The first kappa shape index (κ1) is 15.2. The molecule has 1 aromatic heterocycles. The molecule has 2 aromatic rings. The summed E-state index contributed by atoms with van der Waals surface area (Å²) in [5.74, 6) is 2.03. The van der Waals surface area contributed by atoms with Gasteiger partial charge in [-0.25, -0.2) is 0 Å². The van der Waals surface area contributed by atoms with E-state index in [-0.39, 0.29) is 6.10 Å². The maximum atomic E-state index is 5.95. The van der Waals surface area contributed by atoms with Crippen LogP contribution in [0.5, 0.6) is 17.2 Å². The monoisotopic (exact) mass is 357 g/mol. The van der Waals surface area contributed by atoms with E-state index in [1.54, 1.807) is 31.6 Å². The van der Waals surface area contributed by atoms with Crippen molar-refractivity contribution in [3.05, 3.63) is 39.0 Å². The lowest BCUT2D eigenvalue weighted by molar-refractivity contribution is 0.216. The van der Waals surface area contributed by atoms with Gasteiger partial charge in [0.25, 0.3) is 0 Å². The van der Waals surface area contributed by atoms with Crippen LogP contribution in [0.2, 0.25) is 0 Å². The van der Waals surface area contributed by atoms with Gasteiger partial charge in [-0.05, 0) is 22.0 Å². The van der Waals surface area contributed by atoms with Crippen LogP contribution < -0.4 is 19.9 Å². The minimum absolute atomic E-state index is 0.192. The number of nitrogens with two attached hydrogens (primary N) is 1. The number of hydrogen-bond acceptors (Lipinski definition) is 5. The van der Waals surface area contributed by atoms with E-state index in [9.17, 15) is 0 Å². The summed E-state index contributed by atoms with van der Waals surface area (Å²) in [6.45, 7) is 0.395. The average Bonchev–Trinajstić information content (AvgIpc) is 2.90. The molecule has 2 rings (SSSR count). The van der Waals surface area contributed by atoms with Crippen molar-refractivity contribution >= 4 is 27.3 Å². The van der Waals surface area contributed by atoms with Crippen molar-refractivity contribution in [3.63, 3.8) is 0 Å². The van der Waals surface area contributed by atoms with Crippen LogP contribution in [-0.2, 0) is 0 Å². The predicted molar refractivity (Wildman–Crippen MR) is 84.0 cm³/mol. The highest BCUT2D eigenvalue weighted by atomic mass is 79.9. The Morgan fingerprint density at radius 1 is 1.10 bits per heavy atom. The lowest BCUT2D eigenvalue weighted by Gasteiger charge is -2.17. The Kier molecular flexibility index (Phi) is 5.28. The molecule has 1 atom stereocenters. The van der Waals surface area contributed by atoms with Gasteiger partial charge in [0.1, 0.15) is 23.4 Å². The molecule has 0 saturated carbocycles. The molecule has 0 saturated heterocycles. The molecular formula is C14H16BrNO3S. The standard InChI is InChI=1S/C14H16BrNO3S/c1-17-10-4-11(18-2)6-12(5-10)19-13(7-16)14-3-9(15)8-20-14/h3-6,8,13H,7,16H2,1-2H3. The second kappa shape index (κ2) is 6.97. The van der Waals surface area contributed by atoms with Gasteiger partial charge in [0, 0.05) is 39.5 Å². The van der Waals surface area contributed by atoms with Crippen LogP contribution in [0.3, 0.4) is 0 Å². The van der Waals surface area contributed by atoms with E-state index in [1.165, 1.54) is 0 Å². The van der Waals surface area contributed by atoms with Gasteiger partial charge in [-0.1, -0.05) is 0 Å².